The summed E-state index contributed by atoms with van der Waals surface area (Å²) in [5.41, 5.74) is -2.14. The summed E-state index contributed by atoms with van der Waals surface area (Å²) in [5.74, 6) is 0.235. The minimum atomic E-state index is -4.47. The molecular formula is C36H31Cl5F6N4O2S2. The first-order valence-electron chi connectivity index (χ1n) is 17.1. The van der Waals surface area contributed by atoms with Gasteiger partial charge in [-0.05, 0) is 92.6 Å². The van der Waals surface area contributed by atoms with Crippen LogP contribution in [0, 0.1) is 0 Å². The van der Waals surface area contributed by atoms with Crippen molar-refractivity contribution in [3.05, 3.63) is 93.2 Å². The predicted molar refractivity (Wildman–Crippen MR) is 206 cm³/mol. The monoisotopic (exact) mass is 904 g/mol. The number of carbonyl (C=O) groups is 2. The molecule has 55 heavy (non-hydrogen) atoms. The molecule has 2 aromatic heterocycles. The number of aryl methyl sites for hydroxylation is 2. The van der Waals surface area contributed by atoms with Crippen LogP contribution < -0.4 is 10.2 Å². The highest BCUT2D eigenvalue weighted by Crippen LogP contribution is 2.50. The van der Waals surface area contributed by atoms with Crippen LogP contribution in [-0.4, -0.2) is 60.1 Å². The molecule has 4 aromatic rings. The van der Waals surface area contributed by atoms with Gasteiger partial charge in [-0.25, -0.2) is 9.97 Å². The molecule has 2 aromatic carbocycles. The van der Waals surface area contributed by atoms with Crippen LogP contribution in [0.1, 0.15) is 80.4 Å². The fourth-order valence-corrected chi connectivity index (χ4v) is 10.5. The first-order chi connectivity index (χ1) is 25.8. The zero-order valence-electron chi connectivity index (χ0n) is 28.6. The Labute approximate surface area is 345 Å². The van der Waals surface area contributed by atoms with E-state index < -0.39 is 23.2 Å². The summed E-state index contributed by atoms with van der Waals surface area (Å²) < 4.78 is 82.7. The first kappa shape index (κ1) is 42.4. The fraction of sp³-hybridized carbons (Fsp3) is 0.444. The van der Waals surface area contributed by atoms with Gasteiger partial charge in [0.1, 0.15) is 10.8 Å². The number of thiazole rings is 2. The van der Waals surface area contributed by atoms with Crippen molar-refractivity contribution in [3.8, 4) is 0 Å². The number of hydrogen-bond donors (Lipinski definition) is 1. The Morgan fingerprint density at radius 3 is 1.60 bits per heavy atom. The van der Waals surface area contributed by atoms with Crippen LogP contribution in [0.25, 0.3) is 0 Å². The number of ketones is 2. The molecule has 0 radical (unpaired) electrons. The number of aromatic nitrogens is 2. The van der Waals surface area contributed by atoms with Crippen molar-refractivity contribution in [2.45, 2.75) is 74.5 Å². The maximum Gasteiger partial charge on any atom is 0.400 e. The highest BCUT2D eigenvalue weighted by Gasteiger charge is 2.60. The zero-order chi connectivity index (χ0) is 39.9. The lowest BCUT2D eigenvalue weighted by atomic mass is 9.79. The molecule has 0 spiro atoms. The van der Waals surface area contributed by atoms with E-state index in [0.29, 0.717) is 46.0 Å². The molecule has 0 bridgehead atoms. The molecule has 2 aliphatic heterocycles. The van der Waals surface area contributed by atoms with Gasteiger partial charge < -0.3 is 10.2 Å². The van der Waals surface area contributed by atoms with Crippen LogP contribution in [0.4, 0.5) is 31.5 Å². The minimum absolute atomic E-state index is 0.00711. The SMILES string of the molecule is FC(F)(F)C1(c2cc(Cl)cc(Cl)c2)CCNC1.O=C1CCCc2nc(Cl)sc21.O=C1CCCc2nc(N3CCC(c4cc(Cl)cc(Cl)c4)(C(F)(F)F)C3)sc21. The van der Waals surface area contributed by atoms with Gasteiger partial charge in [0.25, 0.3) is 0 Å². The Hall–Kier alpha value is -2.17. The van der Waals surface area contributed by atoms with Gasteiger partial charge in [0.2, 0.25) is 0 Å². The van der Waals surface area contributed by atoms with Gasteiger partial charge in [-0.3, -0.25) is 9.59 Å². The number of halogens is 11. The highest BCUT2D eigenvalue weighted by molar-refractivity contribution is 7.18. The van der Waals surface area contributed by atoms with Crippen molar-refractivity contribution in [2.75, 3.05) is 31.1 Å². The summed E-state index contributed by atoms with van der Waals surface area (Å²) in [6, 6.07) is 8.20. The van der Waals surface area contributed by atoms with E-state index in [0.717, 1.165) is 29.8 Å². The first-order valence-corrected chi connectivity index (χ1v) is 20.6. The second-order valence-corrected chi connectivity index (χ2v) is 17.9. The lowest BCUT2D eigenvalue weighted by Gasteiger charge is -2.32. The molecule has 2 aliphatic carbocycles. The second-order valence-electron chi connectivity index (χ2n) is 13.6. The summed E-state index contributed by atoms with van der Waals surface area (Å²) in [4.78, 5) is 34.8. The quantitative estimate of drug-likeness (QED) is 0.206. The van der Waals surface area contributed by atoms with Crippen molar-refractivity contribution >= 4 is 97.4 Å². The molecule has 2 atom stereocenters. The van der Waals surface area contributed by atoms with Gasteiger partial charge in [0.05, 0.1) is 21.1 Å². The number of nitrogens with zero attached hydrogens (tertiary/aromatic N) is 3. The van der Waals surface area contributed by atoms with Gasteiger partial charge in [-0.2, -0.15) is 26.3 Å². The third-order valence-electron chi connectivity index (χ3n) is 10.1. The molecule has 0 amide bonds. The molecule has 2 fully saturated rings. The lowest BCUT2D eigenvalue weighted by molar-refractivity contribution is -0.185. The molecule has 4 aliphatic rings. The summed E-state index contributed by atoms with van der Waals surface area (Å²) in [6.45, 7) is 0.134. The van der Waals surface area contributed by atoms with E-state index in [9.17, 15) is 35.9 Å². The van der Waals surface area contributed by atoms with Crippen molar-refractivity contribution in [3.63, 3.8) is 0 Å². The van der Waals surface area contributed by atoms with E-state index in [1.54, 1.807) is 4.90 Å². The van der Waals surface area contributed by atoms with E-state index in [4.69, 9.17) is 58.0 Å². The molecule has 2 saturated heterocycles. The number of Topliss-reactive ketones (excluding diaryl/α,β-unsaturated/α-hetero) is 2. The summed E-state index contributed by atoms with van der Waals surface area (Å²) >= 11 is 31.6. The lowest BCUT2D eigenvalue weighted by Crippen LogP contribution is -2.44. The molecule has 2 unspecified atom stereocenters. The van der Waals surface area contributed by atoms with E-state index in [2.05, 4.69) is 15.3 Å². The van der Waals surface area contributed by atoms with E-state index >= 15 is 0 Å². The number of anilines is 1. The topological polar surface area (TPSA) is 75.2 Å². The smallest absolute Gasteiger partial charge is 0.347 e. The number of fused-ring (bicyclic) bond motifs is 2. The van der Waals surface area contributed by atoms with Crippen LogP contribution in [0.3, 0.4) is 0 Å². The molecule has 8 rings (SSSR count). The van der Waals surface area contributed by atoms with Crippen molar-refractivity contribution < 1.29 is 35.9 Å². The summed E-state index contributed by atoms with van der Waals surface area (Å²) in [6.07, 6.45) is -4.50. The van der Waals surface area contributed by atoms with Gasteiger partial charge in [-0.15, -0.1) is 0 Å². The molecule has 4 heterocycles. The molecule has 0 saturated carbocycles. The maximum absolute atomic E-state index is 14.2. The average Bonchev–Trinajstić information content (AvgIpc) is 3.90. The standard InChI is InChI=1S/C18H15Cl2F3N2OS.C11H10Cl2F3N.C7H6ClNOS/c19-11-6-10(7-12(20)8-11)17(18(21,22)23)4-5-25(9-17)16-24-13-2-1-3-14(26)15(13)27-16;12-8-3-7(4-9(13)5-8)10(11(14,15)16)1-2-17-6-10;8-7-9-4-2-1-3-5(10)6(4)11-7/h6-8H,1-5,9H2;3-5,17H,1-2,6H2;1-3H2. The maximum atomic E-state index is 14.2. The number of nitrogens with one attached hydrogen (secondary N) is 1. The largest absolute Gasteiger partial charge is 0.400 e. The Kier molecular flexibility index (Phi) is 12.8. The van der Waals surface area contributed by atoms with Gasteiger partial charge in [0.15, 0.2) is 21.2 Å². The molecule has 19 heteroatoms. The van der Waals surface area contributed by atoms with Crippen LogP contribution in [0.2, 0.25) is 24.6 Å². The molecule has 296 valence electrons. The number of carbonyl (C=O) groups excluding carboxylic acids is 2. The number of rotatable bonds is 3. The second kappa shape index (κ2) is 16.6. The van der Waals surface area contributed by atoms with Crippen LogP contribution >= 0.6 is 80.7 Å². The van der Waals surface area contributed by atoms with Crippen LogP contribution in [0.15, 0.2) is 36.4 Å². The number of alkyl halides is 6. The molecule has 6 nitrogen and oxygen atoms in total. The highest BCUT2D eigenvalue weighted by atomic mass is 35.5. The summed E-state index contributed by atoms with van der Waals surface area (Å²) in [5, 5.41) is 4.03. The number of hydrogen-bond acceptors (Lipinski definition) is 8. The van der Waals surface area contributed by atoms with Crippen LogP contribution in [0.5, 0.6) is 0 Å². The van der Waals surface area contributed by atoms with Crippen LogP contribution in [-0.2, 0) is 23.7 Å². The minimum Gasteiger partial charge on any atom is -0.347 e. The fourth-order valence-electron chi connectivity index (χ4n) is 7.24. The third kappa shape index (κ3) is 8.96. The van der Waals surface area contributed by atoms with E-state index in [-0.39, 0.29) is 75.3 Å². The van der Waals surface area contributed by atoms with Gasteiger partial charge in [-0.1, -0.05) is 80.7 Å². The molecule has 1 N–H and O–H groups in total. The van der Waals surface area contributed by atoms with E-state index in [1.165, 1.54) is 59.1 Å². The normalized spacial score (nSPS) is 22.4. The van der Waals surface area contributed by atoms with Gasteiger partial charge in [0, 0.05) is 52.6 Å². The Morgan fingerprint density at radius 1 is 0.655 bits per heavy atom. The summed E-state index contributed by atoms with van der Waals surface area (Å²) in [7, 11) is 0. The predicted octanol–water partition coefficient (Wildman–Crippen LogP) is 11.8. The zero-order valence-corrected chi connectivity index (χ0v) is 34.0. The Bertz CT molecular complexity index is 2050. The molecular weight excluding hydrogens is 876 g/mol. The average molecular weight is 907 g/mol. The Morgan fingerprint density at radius 2 is 1.15 bits per heavy atom. The third-order valence-corrected chi connectivity index (χ3v) is 13.4. The van der Waals surface area contributed by atoms with Crippen molar-refractivity contribution in [2.24, 2.45) is 0 Å². The van der Waals surface area contributed by atoms with Crippen molar-refractivity contribution in [1.82, 2.24) is 15.3 Å². The Balaban J connectivity index is 0.000000156. The van der Waals surface area contributed by atoms with E-state index in [1.807, 2.05) is 0 Å². The van der Waals surface area contributed by atoms with Crippen molar-refractivity contribution in [1.29, 1.82) is 0 Å². The van der Waals surface area contributed by atoms with Gasteiger partial charge >= 0.3 is 12.4 Å². The number of benzene rings is 2.